The van der Waals surface area contributed by atoms with E-state index >= 15 is 0 Å². The van der Waals surface area contributed by atoms with E-state index in [0.717, 1.165) is 30.0 Å². The van der Waals surface area contributed by atoms with E-state index in [1.165, 1.54) is 6.20 Å². The van der Waals surface area contributed by atoms with Crippen LogP contribution in [0.4, 0.5) is 5.69 Å². The van der Waals surface area contributed by atoms with Crippen molar-refractivity contribution >= 4 is 22.5 Å². The lowest BCUT2D eigenvalue weighted by Crippen LogP contribution is -2.49. The topological polar surface area (TPSA) is 67.7 Å². The zero-order chi connectivity index (χ0) is 20.2. The number of anilines is 1. The molecule has 1 fully saturated rings. The summed E-state index contributed by atoms with van der Waals surface area (Å²) in [5.41, 5.74) is 1.80. The van der Waals surface area contributed by atoms with Gasteiger partial charge in [0.1, 0.15) is 5.75 Å². The Morgan fingerprint density at radius 3 is 2.48 bits per heavy atom. The van der Waals surface area contributed by atoms with Crippen LogP contribution in [0.15, 0.2) is 59.5 Å². The monoisotopic (exact) mass is 392 g/mol. The van der Waals surface area contributed by atoms with Gasteiger partial charge in [0, 0.05) is 43.7 Å². The Hall–Kier alpha value is -3.35. The van der Waals surface area contributed by atoms with E-state index in [0.29, 0.717) is 31.4 Å². The van der Waals surface area contributed by atoms with Crippen molar-refractivity contribution in [2.24, 2.45) is 0 Å². The molecule has 150 valence electrons. The van der Waals surface area contributed by atoms with Gasteiger partial charge >= 0.3 is 0 Å². The molecule has 0 spiro atoms. The molecule has 7 nitrogen and oxygen atoms in total. The maximum Gasteiger partial charge on any atom is 0.224 e. The summed E-state index contributed by atoms with van der Waals surface area (Å²) in [5, 5.41) is 4.83. The number of hydrogen-bond donors (Lipinski definition) is 0. The number of para-hydroxylation sites is 1. The lowest BCUT2D eigenvalue weighted by Gasteiger charge is -2.36. The van der Waals surface area contributed by atoms with Gasteiger partial charge in [-0.25, -0.2) is 0 Å². The predicted octanol–water partition coefficient (Wildman–Crippen LogP) is 2.14. The first-order valence-corrected chi connectivity index (χ1v) is 9.77. The molecule has 0 bridgehead atoms. The second kappa shape index (κ2) is 8.34. The molecule has 1 aliphatic heterocycles. The zero-order valence-electron chi connectivity index (χ0n) is 16.5. The first-order valence-electron chi connectivity index (χ1n) is 9.77. The number of carbonyl (C=O) groups is 1. The third kappa shape index (κ3) is 4.08. The predicted molar refractivity (Wildman–Crippen MR) is 112 cm³/mol. The molecule has 2 heterocycles. The summed E-state index contributed by atoms with van der Waals surface area (Å²) in [6, 6.07) is 15.4. The molecule has 1 amide bonds. The molecule has 2 aromatic carbocycles. The fourth-order valence-electron chi connectivity index (χ4n) is 3.71. The van der Waals surface area contributed by atoms with Crippen LogP contribution in [0.2, 0.25) is 0 Å². The highest BCUT2D eigenvalue weighted by molar-refractivity contribution is 5.79. The van der Waals surface area contributed by atoms with E-state index in [4.69, 9.17) is 4.74 Å². The van der Waals surface area contributed by atoms with Crippen LogP contribution < -0.4 is 15.1 Å². The molecule has 1 aliphatic rings. The minimum atomic E-state index is -0.0992. The molecular formula is C22H24N4O3. The number of aryl methyl sites for hydroxylation is 1. The number of aromatic nitrogens is 2. The SMILES string of the molecule is COc1ccc(N2CCN(C(=O)CCn3ncc(=O)c4ccccc43)CC2)cc1. The van der Waals surface area contributed by atoms with E-state index in [1.807, 2.05) is 47.4 Å². The summed E-state index contributed by atoms with van der Waals surface area (Å²) in [5.74, 6) is 0.954. The first kappa shape index (κ1) is 19.0. The highest BCUT2D eigenvalue weighted by Gasteiger charge is 2.21. The van der Waals surface area contributed by atoms with Gasteiger partial charge in [0.2, 0.25) is 11.3 Å². The number of hydrogen-bond acceptors (Lipinski definition) is 5. The Morgan fingerprint density at radius 2 is 1.76 bits per heavy atom. The van der Waals surface area contributed by atoms with Crippen LogP contribution in [0.3, 0.4) is 0 Å². The summed E-state index contributed by atoms with van der Waals surface area (Å²) >= 11 is 0. The summed E-state index contributed by atoms with van der Waals surface area (Å²) < 4.78 is 6.94. The number of amides is 1. The highest BCUT2D eigenvalue weighted by atomic mass is 16.5. The Morgan fingerprint density at radius 1 is 1.03 bits per heavy atom. The fraction of sp³-hybridized carbons (Fsp3) is 0.318. The van der Waals surface area contributed by atoms with Gasteiger partial charge in [-0.1, -0.05) is 12.1 Å². The van der Waals surface area contributed by atoms with Crippen LogP contribution in [0.1, 0.15) is 6.42 Å². The van der Waals surface area contributed by atoms with Crippen molar-refractivity contribution in [1.82, 2.24) is 14.7 Å². The zero-order valence-corrected chi connectivity index (χ0v) is 16.5. The van der Waals surface area contributed by atoms with Gasteiger partial charge in [-0.3, -0.25) is 14.3 Å². The van der Waals surface area contributed by atoms with Gasteiger partial charge in [-0.15, -0.1) is 0 Å². The van der Waals surface area contributed by atoms with Crippen LogP contribution >= 0.6 is 0 Å². The van der Waals surface area contributed by atoms with E-state index in [-0.39, 0.29) is 11.3 Å². The number of carbonyl (C=O) groups excluding carboxylic acids is 1. The molecule has 29 heavy (non-hydrogen) atoms. The third-order valence-electron chi connectivity index (χ3n) is 5.37. The summed E-state index contributed by atoms with van der Waals surface area (Å²) in [6.45, 7) is 3.46. The Bertz CT molecular complexity index is 1050. The molecule has 4 rings (SSSR count). The van der Waals surface area contributed by atoms with Crippen molar-refractivity contribution in [2.45, 2.75) is 13.0 Å². The van der Waals surface area contributed by atoms with Crippen LogP contribution in [0.5, 0.6) is 5.75 Å². The summed E-state index contributed by atoms with van der Waals surface area (Å²) in [6.07, 6.45) is 1.68. The smallest absolute Gasteiger partial charge is 0.224 e. The quantitative estimate of drug-likeness (QED) is 0.666. The van der Waals surface area contributed by atoms with Gasteiger partial charge in [0.25, 0.3) is 0 Å². The molecule has 0 saturated carbocycles. The van der Waals surface area contributed by atoms with Crippen molar-refractivity contribution < 1.29 is 9.53 Å². The molecule has 0 N–H and O–H groups in total. The maximum atomic E-state index is 12.7. The lowest BCUT2D eigenvalue weighted by molar-refractivity contribution is -0.131. The second-order valence-electron chi connectivity index (χ2n) is 7.06. The number of ether oxygens (including phenoxy) is 1. The van der Waals surface area contributed by atoms with Gasteiger partial charge < -0.3 is 14.5 Å². The molecule has 0 atom stereocenters. The molecule has 1 saturated heterocycles. The molecule has 0 radical (unpaired) electrons. The Kier molecular flexibility index (Phi) is 5.46. The van der Waals surface area contributed by atoms with Crippen molar-refractivity contribution in [3.05, 3.63) is 65.0 Å². The van der Waals surface area contributed by atoms with Gasteiger partial charge in [0.15, 0.2) is 0 Å². The third-order valence-corrected chi connectivity index (χ3v) is 5.37. The minimum absolute atomic E-state index is 0.0992. The van der Waals surface area contributed by atoms with Gasteiger partial charge in [0.05, 0.1) is 25.4 Å². The van der Waals surface area contributed by atoms with E-state index < -0.39 is 0 Å². The Balaban J connectivity index is 1.35. The summed E-state index contributed by atoms with van der Waals surface area (Å²) in [4.78, 5) is 28.8. The van der Waals surface area contributed by atoms with Crippen molar-refractivity contribution in [3.8, 4) is 5.75 Å². The number of methoxy groups -OCH3 is 1. The van der Waals surface area contributed by atoms with Crippen LogP contribution in [-0.2, 0) is 11.3 Å². The maximum absolute atomic E-state index is 12.7. The lowest BCUT2D eigenvalue weighted by atomic mass is 10.2. The molecular weight excluding hydrogens is 368 g/mol. The normalized spacial score (nSPS) is 14.2. The number of piperazine rings is 1. The number of nitrogens with zero attached hydrogens (tertiary/aromatic N) is 4. The second-order valence-corrected chi connectivity index (χ2v) is 7.06. The number of rotatable bonds is 5. The van der Waals surface area contributed by atoms with E-state index in [2.05, 4.69) is 10.00 Å². The summed E-state index contributed by atoms with van der Waals surface area (Å²) in [7, 11) is 1.66. The first-order chi connectivity index (χ1) is 14.2. The van der Waals surface area contributed by atoms with Crippen molar-refractivity contribution in [1.29, 1.82) is 0 Å². The molecule has 7 heteroatoms. The average molecular weight is 392 g/mol. The molecule has 0 unspecified atom stereocenters. The van der Waals surface area contributed by atoms with Gasteiger partial charge in [-0.2, -0.15) is 5.10 Å². The largest absolute Gasteiger partial charge is 0.497 e. The van der Waals surface area contributed by atoms with Crippen LogP contribution in [-0.4, -0.2) is 53.9 Å². The number of benzene rings is 2. The molecule has 3 aromatic rings. The van der Waals surface area contributed by atoms with E-state index in [1.54, 1.807) is 17.9 Å². The number of fused-ring (bicyclic) bond motifs is 1. The molecule has 0 aliphatic carbocycles. The highest BCUT2D eigenvalue weighted by Crippen LogP contribution is 2.20. The van der Waals surface area contributed by atoms with Gasteiger partial charge in [-0.05, 0) is 36.4 Å². The average Bonchev–Trinajstić information content (AvgIpc) is 2.79. The minimum Gasteiger partial charge on any atom is -0.497 e. The van der Waals surface area contributed by atoms with Crippen molar-refractivity contribution in [2.75, 3.05) is 38.2 Å². The fourth-order valence-corrected chi connectivity index (χ4v) is 3.71. The van der Waals surface area contributed by atoms with Crippen LogP contribution in [0.25, 0.3) is 10.9 Å². The molecule has 1 aromatic heterocycles. The standard InChI is InChI=1S/C22H24N4O3/c1-29-18-8-6-17(7-9-18)24-12-14-25(15-13-24)22(28)10-11-26-20-5-3-2-4-19(20)21(27)16-23-26/h2-9,16H,10-15H2,1H3. The van der Waals surface area contributed by atoms with E-state index in [9.17, 15) is 9.59 Å². The van der Waals surface area contributed by atoms with Crippen LogP contribution in [0, 0.1) is 0 Å². The van der Waals surface area contributed by atoms with Crippen molar-refractivity contribution in [3.63, 3.8) is 0 Å². The Labute approximate surface area is 169 Å².